The molecule has 6 nitrogen and oxygen atoms in total. The molecule has 4 rings (SSSR count). The van der Waals surface area contributed by atoms with Crippen LogP contribution in [0.4, 0.5) is 5.95 Å². The molecule has 0 unspecified atom stereocenters. The van der Waals surface area contributed by atoms with Crippen LogP contribution in [0.15, 0.2) is 53.9 Å². The minimum Gasteiger partial charge on any atom is -0.495 e. The Bertz CT molecular complexity index is 893. The van der Waals surface area contributed by atoms with Crippen molar-refractivity contribution in [2.24, 2.45) is 0 Å². The van der Waals surface area contributed by atoms with Gasteiger partial charge in [-0.1, -0.05) is 23.9 Å². The van der Waals surface area contributed by atoms with Gasteiger partial charge in [-0.15, -0.1) is 10.2 Å². The molecule has 3 heterocycles. The molecule has 7 heteroatoms. The second kappa shape index (κ2) is 9.10. The van der Waals surface area contributed by atoms with Gasteiger partial charge in [0.15, 0.2) is 5.16 Å². The monoisotopic (exact) mass is 395 g/mol. The van der Waals surface area contributed by atoms with Gasteiger partial charge in [0, 0.05) is 31.2 Å². The Morgan fingerprint density at radius 1 is 1.00 bits per heavy atom. The van der Waals surface area contributed by atoms with Gasteiger partial charge in [0.25, 0.3) is 0 Å². The van der Waals surface area contributed by atoms with Crippen LogP contribution in [-0.2, 0) is 6.42 Å². The first-order chi connectivity index (χ1) is 13.9. The summed E-state index contributed by atoms with van der Waals surface area (Å²) < 4.78 is 7.78. The number of hydrogen-bond acceptors (Lipinski definition) is 6. The molecule has 1 aliphatic rings. The van der Waals surface area contributed by atoms with Crippen molar-refractivity contribution in [1.29, 1.82) is 0 Å². The topological polar surface area (TPSA) is 56.1 Å². The van der Waals surface area contributed by atoms with E-state index in [4.69, 9.17) is 4.74 Å². The molecule has 0 N–H and O–H groups in total. The number of aryl methyl sites for hydroxylation is 1. The second-order valence-corrected chi connectivity index (χ2v) is 7.85. The van der Waals surface area contributed by atoms with Gasteiger partial charge in [0.1, 0.15) is 5.75 Å². The van der Waals surface area contributed by atoms with Gasteiger partial charge >= 0.3 is 0 Å². The average Bonchev–Trinajstić information content (AvgIpc) is 3.19. The maximum absolute atomic E-state index is 5.63. The Hall–Kier alpha value is -2.54. The van der Waals surface area contributed by atoms with Crippen molar-refractivity contribution in [2.75, 3.05) is 30.9 Å². The number of rotatable bonds is 7. The summed E-state index contributed by atoms with van der Waals surface area (Å²) in [5.41, 5.74) is 2.27. The molecule has 1 saturated heterocycles. The number of ether oxygens (including phenoxy) is 1. The maximum atomic E-state index is 5.63. The minimum absolute atomic E-state index is 0.830. The van der Waals surface area contributed by atoms with E-state index in [2.05, 4.69) is 42.8 Å². The molecule has 0 saturated carbocycles. The first-order valence-corrected chi connectivity index (χ1v) is 10.7. The van der Waals surface area contributed by atoms with E-state index in [-0.39, 0.29) is 0 Å². The number of nitrogens with zero attached hydrogens (tertiary/aromatic N) is 5. The van der Waals surface area contributed by atoms with E-state index in [1.54, 1.807) is 18.9 Å². The lowest BCUT2D eigenvalue weighted by Crippen LogP contribution is -2.31. The van der Waals surface area contributed by atoms with E-state index in [0.29, 0.717) is 0 Å². The molecule has 0 atom stereocenters. The molecule has 0 amide bonds. The van der Waals surface area contributed by atoms with Gasteiger partial charge in [-0.05, 0) is 55.5 Å². The van der Waals surface area contributed by atoms with Crippen LogP contribution in [0.25, 0.3) is 5.69 Å². The van der Waals surface area contributed by atoms with Crippen LogP contribution < -0.4 is 9.64 Å². The zero-order chi connectivity index (χ0) is 19.2. The number of pyridine rings is 1. The SMILES string of the molecule is COc1ccccc1-n1c(SCCc2ccncc2)nnc1N1CCCCC1. The number of thioether (sulfide) groups is 1. The third-order valence-electron chi connectivity index (χ3n) is 4.95. The fraction of sp³-hybridized carbons (Fsp3) is 0.381. The van der Waals surface area contributed by atoms with Gasteiger partial charge in [-0.3, -0.25) is 9.55 Å². The summed E-state index contributed by atoms with van der Waals surface area (Å²) in [4.78, 5) is 6.43. The Morgan fingerprint density at radius 2 is 1.79 bits per heavy atom. The van der Waals surface area contributed by atoms with Crippen LogP contribution in [0, 0.1) is 0 Å². The average molecular weight is 396 g/mol. The summed E-state index contributed by atoms with van der Waals surface area (Å²) in [5.74, 6) is 2.67. The van der Waals surface area contributed by atoms with Crippen molar-refractivity contribution >= 4 is 17.7 Å². The fourth-order valence-electron chi connectivity index (χ4n) is 3.49. The Balaban J connectivity index is 1.63. The minimum atomic E-state index is 0.830. The molecule has 1 aliphatic heterocycles. The first kappa shape index (κ1) is 18.8. The summed E-state index contributed by atoms with van der Waals surface area (Å²) in [6, 6.07) is 12.2. The summed E-state index contributed by atoms with van der Waals surface area (Å²) in [6.45, 7) is 2.05. The smallest absolute Gasteiger partial charge is 0.232 e. The van der Waals surface area contributed by atoms with Crippen LogP contribution in [0.1, 0.15) is 24.8 Å². The molecule has 146 valence electrons. The molecule has 3 aromatic rings. The Morgan fingerprint density at radius 3 is 2.57 bits per heavy atom. The number of piperidine rings is 1. The van der Waals surface area contributed by atoms with Crippen LogP contribution in [-0.4, -0.2) is 45.7 Å². The normalized spacial score (nSPS) is 14.2. The van der Waals surface area contributed by atoms with Crippen LogP contribution in [0.2, 0.25) is 0 Å². The van der Waals surface area contributed by atoms with Crippen molar-refractivity contribution in [3.63, 3.8) is 0 Å². The van der Waals surface area contributed by atoms with E-state index < -0.39 is 0 Å². The third-order valence-corrected chi connectivity index (χ3v) is 5.88. The van der Waals surface area contributed by atoms with Crippen LogP contribution in [0.3, 0.4) is 0 Å². The molecular formula is C21H25N5OS. The predicted octanol–water partition coefficient (Wildman–Crippen LogP) is 4.00. The van der Waals surface area contributed by atoms with Gasteiger partial charge in [-0.25, -0.2) is 0 Å². The molecule has 0 radical (unpaired) electrons. The second-order valence-electron chi connectivity index (χ2n) is 6.79. The molecule has 0 spiro atoms. The van der Waals surface area contributed by atoms with Gasteiger partial charge in [-0.2, -0.15) is 0 Å². The summed E-state index contributed by atoms with van der Waals surface area (Å²) in [7, 11) is 1.71. The summed E-state index contributed by atoms with van der Waals surface area (Å²) >= 11 is 1.73. The molecule has 2 aromatic heterocycles. The standard InChI is InChI=1S/C21H25N5OS/c1-27-19-8-4-3-7-18(19)26-20(25-14-5-2-6-15-25)23-24-21(26)28-16-11-17-9-12-22-13-10-17/h3-4,7-10,12-13H,2,5-6,11,14-16H2,1H3. The number of anilines is 1. The van der Waals surface area contributed by atoms with Crippen molar-refractivity contribution in [3.8, 4) is 11.4 Å². The van der Waals surface area contributed by atoms with Crippen molar-refractivity contribution < 1.29 is 4.74 Å². The highest BCUT2D eigenvalue weighted by atomic mass is 32.2. The van der Waals surface area contributed by atoms with E-state index in [9.17, 15) is 0 Å². The number of para-hydroxylation sites is 2. The maximum Gasteiger partial charge on any atom is 0.232 e. The lowest BCUT2D eigenvalue weighted by atomic mass is 10.1. The van der Waals surface area contributed by atoms with E-state index in [1.165, 1.54) is 24.8 Å². The molecule has 1 aromatic carbocycles. The van der Waals surface area contributed by atoms with Crippen LogP contribution in [0.5, 0.6) is 5.75 Å². The quantitative estimate of drug-likeness (QED) is 0.564. The van der Waals surface area contributed by atoms with E-state index in [1.807, 2.05) is 30.6 Å². The van der Waals surface area contributed by atoms with Crippen molar-refractivity contribution in [2.45, 2.75) is 30.8 Å². The number of hydrogen-bond donors (Lipinski definition) is 0. The zero-order valence-electron chi connectivity index (χ0n) is 16.1. The van der Waals surface area contributed by atoms with E-state index >= 15 is 0 Å². The third kappa shape index (κ3) is 4.14. The van der Waals surface area contributed by atoms with Crippen molar-refractivity contribution in [1.82, 2.24) is 19.7 Å². The number of aromatic nitrogens is 4. The summed E-state index contributed by atoms with van der Waals surface area (Å²) in [6.07, 6.45) is 8.32. The highest BCUT2D eigenvalue weighted by molar-refractivity contribution is 7.99. The molecule has 0 aliphatic carbocycles. The molecule has 28 heavy (non-hydrogen) atoms. The van der Waals surface area contributed by atoms with Gasteiger partial charge < -0.3 is 9.64 Å². The molecular weight excluding hydrogens is 370 g/mol. The summed E-state index contributed by atoms with van der Waals surface area (Å²) in [5, 5.41) is 10.0. The van der Waals surface area contributed by atoms with Gasteiger partial charge in [0.05, 0.1) is 12.8 Å². The highest BCUT2D eigenvalue weighted by Gasteiger charge is 2.23. The lowest BCUT2D eigenvalue weighted by Gasteiger charge is -2.28. The zero-order valence-corrected chi connectivity index (χ0v) is 16.9. The Kier molecular flexibility index (Phi) is 6.11. The van der Waals surface area contributed by atoms with Gasteiger partial charge in [0.2, 0.25) is 5.95 Å². The lowest BCUT2D eigenvalue weighted by molar-refractivity contribution is 0.412. The fourth-order valence-corrected chi connectivity index (χ4v) is 4.42. The Labute approximate surface area is 170 Å². The highest BCUT2D eigenvalue weighted by Crippen LogP contribution is 2.32. The molecule has 0 bridgehead atoms. The number of benzene rings is 1. The largest absolute Gasteiger partial charge is 0.495 e. The van der Waals surface area contributed by atoms with Crippen LogP contribution >= 0.6 is 11.8 Å². The number of methoxy groups -OCH3 is 1. The first-order valence-electron chi connectivity index (χ1n) is 9.72. The van der Waals surface area contributed by atoms with Crippen molar-refractivity contribution in [3.05, 3.63) is 54.4 Å². The molecule has 1 fully saturated rings. The predicted molar refractivity (Wildman–Crippen MR) is 113 cm³/mol. The van der Waals surface area contributed by atoms with E-state index in [0.717, 1.165) is 47.8 Å².